The van der Waals surface area contributed by atoms with Crippen LogP contribution in [-0.4, -0.2) is 22.7 Å². The quantitative estimate of drug-likeness (QED) is 0.881. The lowest BCUT2D eigenvalue weighted by Crippen LogP contribution is -2.16. The van der Waals surface area contributed by atoms with Crippen molar-refractivity contribution < 1.29 is 14.6 Å². The molecule has 0 bridgehead atoms. The third-order valence-corrected chi connectivity index (χ3v) is 2.63. The number of aromatic carboxylic acids is 1. The van der Waals surface area contributed by atoms with E-state index in [9.17, 15) is 9.59 Å². The molecular weight excluding hydrogens is 246 g/mol. The molecule has 2 aromatic rings. The van der Waals surface area contributed by atoms with E-state index in [0.717, 1.165) is 0 Å². The van der Waals surface area contributed by atoms with Crippen LogP contribution in [0.5, 0.6) is 5.75 Å². The van der Waals surface area contributed by atoms with Crippen LogP contribution in [0, 0.1) is 0 Å². The number of rotatable bonds is 4. The molecule has 0 fully saturated rings. The SMILES string of the molecule is CCOc1cccc(-c2c[nH]cc(C(=O)O)c2=O)c1. The van der Waals surface area contributed by atoms with E-state index in [2.05, 4.69) is 4.98 Å². The van der Waals surface area contributed by atoms with Crippen LogP contribution in [0.4, 0.5) is 0 Å². The number of carbonyl (C=O) groups is 1. The standard InChI is InChI=1S/C14H13NO4/c1-2-19-10-5-3-4-9(6-10)11-7-15-8-12(13(11)16)14(17)18/h3-8H,2H2,1H3,(H,15,16)(H,17,18). The molecule has 0 aliphatic rings. The fourth-order valence-corrected chi connectivity index (χ4v) is 1.78. The van der Waals surface area contributed by atoms with Gasteiger partial charge in [0.1, 0.15) is 11.3 Å². The molecule has 0 atom stereocenters. The van der Waals surface area contributed by atoms with Crippen molar-refractivity contribution in [3.63, 3.8) is 0 Å². The van der Waals surface area contributed by atoms with Gasteiger partial charge in [-0.25, -0.2) is 4.79 Å². The molecule has 0 radical (unpaired) electrons. The maximum atomic E-state index is 12.0. The van der Waals surface area contributed by atoms with Crippen LogP contribution in [0.25, 0.3) is 11.1 Å². The van der Waals surface area contributed by atoms with Gasteiger partial charge in [0.25, 0.3) is 0 Å². The number of pyridine rings is 1. The third kappa shape index (κ3) is 2.65. The minimum absolute atomic E-state index is 0.278. The van der Waals surface area contributed by atoms with Crippen LogP contribution < -0.4 is 10.2 Å². The van der Waals surface area contributed by atoms with Gasteiger partial charge in [0.2, 0.25) is 5.43 Å². The van der Waals surface area contributed by atoms with Crippen LogP contribution >= 0.6 is 0 Å². The molecule has 0 unspecified atom stereocenters. The van der Waals surface area contributed by atoms with E-state index in [-0.39, 0.29) is 5.56 Å². The van der Waals surface area contributed by atoms with Crippen LogP contribution in [0.1, 0.15) is 17.3 Å². The second-order valence-electron chi connectivity index (χ2n) is 3.88. The van der Waals surface area contributed by atoms with Gasteiger partial charge in [-0.1, -0.05) is 12.1 Å². The summed E-state index contributed by atoms with van der Waals surface area (Å²) in [5.41, 5.74) is 0.135. The van der Waals surface area contributed by atoms with Crippen molar-refractivity contribution in [2.75, 3.05) is 6.61 Å². The first-order chi connectivity index (χ1) is 9.13. The van der Waals surface area contributed by atoms with E-state index in [1.54, 1.807) is 24.3 Å². The maximum absolute atomic E-state index is 12.0. The highest BCUT2D eigenvalue weighted by molar-refractivity contribution is 5.88. The molecule has 2 N–H and O–H groups in total. The lowest BCUT2D eigenvalue weighted by molar-refractivity contribution is 0.0695. The van der Waals surface area contributed by atoms with E-state index in [4.69, 9.17) is 9.84 Å². The second kappa shape index (κ2) is 5.39. The Balaban J connectivity index is 2.53. The van der Waals surface area contributed by atoms with E-state index in [0.29, 0.717) is 23.5 Å². The fraction of sp³-hybridized carbons (Fsp3) is 0.143. The summed E-state index contributed by atoms with van der Waals surface area (Å²) in [6.45, 7) is 2.39. The summed E-state index contributed by atoms with van der Waals surface area (Å²) in [7, 11) is 0. The van der Waals surface area contributed by atoms with Crippen molar-refractivity contribution in [3.8, 4) is 16.9 Å². The molecule has 98 valence electrons. The predicted octanol–water partition coefficient (Wildman–Crippen LogP) is 2.14. The summed E-state index contributed by atoms with van der Waals surface area (Å²) < 4.78 is 5.36. The summed E-state index contributed by atoms with van der Waals surface area (Å²) in [5.74, 6) is -0.607. The zero-order chi connectivity index (χ0) is 13.8. The first kappa shape index (κ1) is 12.9. The first-order valence-corrected chi connectivity index (χ1v) is 5.81. The van der Waals surface area contributed by atoms with Gasteiger partial charge in [-0.15, -0.1) is 0 Å². The highest BCUT2D eigenvalue weighted by Crippen LogP contribution is 2.21. The lowest BCUT2D eigenvalue weighted by atomic mass is 10.1. The summed E-state index contributed by atoms with van der Waals surface area (Å²) in [6, 6.07) is 6.98. The van der Waals surface area contributed by atoms with Crippen molar-refractivity contribution in [2.24, 2.45) is 0 Å². The number of benzene rings is 1. The summed E-state index contributed by atoms with van der Waals surface area (Å²) >= 11 is 0. The average molecular weight is 259 g/mol. The minimum atomic E-state index is -1.25. The number of hydrogen-bond acceptors (Lipinski definition) is 3. The minimum Gasteiger partial charge on any atom is -0.494 e. The smallest absolute Gasteiger partial charge is 0.341 e. The van der Waals surface area contributed by atoms with Crippen LogP contribution in [0.15, 0.2) is 41.5 Å². The van der Waals surface area contributed by atoms with Crippen LogP contribution in [-0.2, 0) is 0 Å². The van der Waals surface area contributed by atoms with Gasteiger partial charge < -0.3 is 14.8 Å². The molecule has 0 amide bonds. The highest BCUT2D eigenvalue weighted by Gasteiger charge is 2.13. The van der Waals surface area contributed by atoms with Crippen molar-refractivity contribution in [3.05, 3.63) is 52.4 Å². The Morgan fingerprint density at radius 3 is 2.84 bits per heavy atom. The van der Waals surface area contributed by atoms with E-state index < -0.39 is 11.4 Å². The van der Waals surface area contributed by atoms with Crippen molar-refractivity contribution in [1.82, 2.24) is 4.98 Å². The Morgan fingerprint density at radius 1 is 1.37 bits per heavy atom. The first-order valence-electron chi connectivity index (χ1n) is 5.81. The molecule has 2 rings (SSSR count). The van der Waals surface area contributed by atoms with Crippen LogP contribution in [0.3, 0.4) is 0 Å². The molecule has 1 aromatic carbocycles. The number of aromatic amines is 1. The molecule has 1 aromatic heterocycles. The van der Waals surface area contributed by atoms with Crippen LogP contribution in [0.2, 0.25) is 0 Å². The number of nitrogens with one attached hydrogen (secondary N) is 1. The summed E-state index contributed by atoms with van der Waals surface area (Å²) in [6.07, 6.45) is 2.67. The van der Waals surface area contributed by atoms with Crippen molar-refractivity contribution >= 4 is 5.97 Å². The van der Waals surface area contributed by atoms with Gasteiger partial charge >= 0.3 is 5.97 Å². The van der Waals surface area contributed by atoms with E-state index in [1.165, 1.54) is 12.4 Å². The van der Waals surface area contributed by atoms with Gasteiger partial charge in [0.15, 0.2) is 0 Å². The largest absolute Gasteiger partial charge is 0.494 e. The zero-order valence-corrected chi connectivity index (χ0v) is 10.3. The Labute approximate surface area is 109 Å². The molecule has 0 aliphatic carbocycles. The average Bonchev–Trinajstić information content (AvgIpc) is 2.39. The number of aromatic nitrogens is 1. The molecule has 0 spiro atoms. The van der Waals surface area contributed by atoms with E-state index >= 15 is 0 Å². The summed E-state index contributed by atoms with van der Waals surface area (Å²) in [4.78, 5) is 25.6. The second-order valence-corrected chi connectivity index (χ2v) is 3.88. The number of ether oxygens (including phenoxy) is 1. The normalized spacial score (nSPS) is 10.2. The molecule has 5 nitrogen and oxygen atoms in total. The van der Waals surface area contributed by atoms with Crippen molar-refractivity contribution in [1.29, 1.82) is 0 Å². The number of carboxylic acid groups (broad SMARTS) is 1. The van der Waals surface area contributed by atoms with Gasteiger partial charge in [0.05, 0.1) is 6.61 Å². The highest BCUT2D eigenvalue weighted by atomic mass is 16.5. The van der Waals surface area contributed by atoms with Gasteiger partial charge in [-0.2, -0.15) is 0 Å². The third-order valence-electron chi connectivity index (χ3n) is 2.63. The summed E-state index contributed by atoms with van der Waals surface area (Å²) in [5, 5.41) is 8.93. The predicted molar refractivity (Wildman–Crippen MR) is 70.6 cm³/mol. The molecular formula is C14H13NO4. The molecule has 1 heterocycles. The molecule has 0 saturated heterocycles. The molecule has 0 aliphatic heterocycles. The monoisotopic (exact) mass is 259 g/mol. The molecule has 19 heavy (non-hydrogen) atoms. The fourth-order valence-electron chi connectivity index (χ4n) is 1.78. The van der Waals surface area contributed by atoms with Gasteiger partial charge in [-0.05, 0) is 24.6 Å². The molecule has 5 heteroatoms. The number of hydrogen-bond donors (Lipinski definition) is 2. The zero-order valence-electron chi connectivity index (χ0n) is 10.3. The Hall–Kier alpha value is -2.56. The molecule has 0 saturated carbocycles. The maximum Gasteiger partial charge on any atom is 0.341 e. The lowest BCUT2D eigenvalue weighted by Gasteiger charge is -2.06. The van der Waals surface area contributed by atoms with Crippen molar-refractivity contribution in [2.45, 2.75) is 6.92 Å². The van der Waals surface area contributed by atoms with Gasteiger partial charge in [0, 0.05) is 18.0 Å². The number of H-pyrrole nitrogens is 1. The Bertz CT molecular complexity index is 660. The Morgan fingerprint density at radius 2 is 2.16 bits per heavy atom. The van der Waals surface area contributed by atoms with E-state index in [1.807, 2.05) is 6.92 Å². The topological polar surface area (TPSA) is 79.4 Å². The van der Waals surface area contributed by atoms with Gasteiger partial charge in [-0.3, -0.25) is 4.79 Å². The number of carboxylic acids is 1. The Kier molecular flexibility index (Phi) is 3.66.